The summed E-state index contributed by atoms with van der Waals surface area (Å²) < 4.78 is 0. The van der Waals surface area contributed by atoms with E-state index in [1.54, 1.807) is 0 Å². The average Bonchev–Trinajstić information content (AvgIpc) is 1.88. The molecular formula is C5H5N3O2. The quantitative estimate of drug-likeness (QED) is 0.480. The number of primary amides is 1. The summed E-state index contributed by atoms with van der Waals surface area (Å²) in [5.41, 5.74) is 4.82. The Hall–Kier alpha value is -1.52. The number of hydrogen-bond donors (Lipinski definition) is 1. The van der Waals surface area contributed by atoms with Crippen molar-refractivity contribution in [2.24, 2.45) is 15.7 Å². The molecule has 0 saturated carbocycles. The standard InChI is InChI=1S/C5H5N3O2/c6-4(10)5-7-1-3(9)2-8-5/h1H,2H2,(H2,6,10). The van der Waals surface area contributed by atoms with Crippen LogP contribution >= 0.6 is 0 Å². The number of amides is 1. The zero-order chi connectivity index (χ0) is 7.56. The molecule has 10 heavy (non-hydrogen) atoms. The Morgan fingerprint density at radius 2 is 2.40 bits per heavy atom. The van der Waals surface area contributed by atoms with Crippen molar-refractivity contribution in [3.63, 3.8) is 0 Å². The van der Waals surface area contributed by atoms with E-state index < -0.39 is 5.91 Å². The molecule has 2 N–H and O–H groups in total. The number of carbonyl (C=O) groups excluding carboxylic acids is 2. The van der Waals surface area contributed by atoms with Gasteiger partial charge in [0, 0.05) is 0 Å². The number of carbonyl (C=O) groups is 2. The summed E-state index contributed by atoms with van der Waals surface area (Å²) in [6.07, 6.45) is 1.05. The average molecular weight is 139 g/mol. The molecule has 5 nitrogen and oxygen atoms in total. The van der Waals surface area contributed by atoms with Gasteiger partial charge in [-0.2, -0.15) is 0 Å². The second-order valence-corrected chi connectivity index (χ2v) is 1.73. The van der Waals surface area contributed by atoms with Gasteiger partial charge in [-0.25, -0.2) is 4.99 Å². The molecule has 0 fully saturated rings. The topological polar surface area (TPSA) is 84.9 Å². The first-order valence-corrected chi connectivity index (χ1v) is 2.61. The normalized spacial score (nSPS) is 16.8. The number of aliphatic imine (C=N–C) groups is 2. The van der Waals surface area contributed by atoms with Crippen LogP contribution in [-0.2, 0) is 9.59 Å². The maximum atomic E-state index is 10.4. The molecule has 0 saturated heterocycles. The van der Waals surface area contributed by atoms with E-state index in [1.807, 2.05) is 0 Å². The lowest BCUT2D eigenvalue weighted by molar-refractivity contribution is -0.112. The van der Waals surface area contributed by atoms with E-state index in [4.69, 9.17) is 5.73 Å². The second kappa shape index (κ2) is 2.38. The van der Waals surface area contributed by atoms with Crippen molar-refractivity contribution < 1.29 is 9.59 Å². The number of Topliss-reactive ketones (excluding diaryl/α,β-unsaturated/α-hetero) is 1. The van der Waals surface area contributed by atoms with Gasteiger partial charge in [-0.15, -0.1) is 0 Å². The first kappa shape index (κ1) is 6.60. The maximum absolute atomic E-state index is 10.4. The van der Waals surface area contributed by atoms with Gasteiger partial charge in [-0.1, -0.05) is 0 Å². The van der Waals surface area contributed by atoms with Gasteiger partial charge >= 0.3 is 0 Å². The van der Waals surface area contributed by atoms with Gasteiger partial charge in [0.15, 0.2) is 5.78 Å². The van der Waals surface area contributed by atoms with Gasteiger partial charge in [0.05, 0.1) is 6.21 Å². The number of nitrogens with two attached hydrogens (primary N) is 1. The Morgan fingerprint density at radius 1 is 1.70 bits per heavy atom. The largest absolute Gasteiger partial charge is 0.363 e. The zero-order valence-electron chi connectivity index (χ0n) is 5.07. The molecule has 52 valence electrons. The van der Waals surface area contributed by atoms with Crippen molar-refractivity contribution in [1.29, 1.82) is 0 Å². The van der Waals surface area contributed by atoms with Crippen LogP contribution in [0.1, 0.15) is 0 Å². The molecule has 0 bridgehead atoms. The lowest BCUT2D eigenvalue weighted by Crippen LogP contribution is -2.26. The van der Waals surface area contributed by atoms with Gasteiger partial charge in [-0.3, -0.25) is 14.6 Å². The molecule has 0 radical (unpaired) electrons. The molecule has 0 unspecified atom stereocenters. The number of hydrogen-bond acceptors (Lipinski definition) is 4. The summed E-state index contributed by atoms with van der Waals surface area (Å²) in [4.78, 5) is 27.7. The fourth-order valence-electron chi connectivity index (χ4n) is 0.509. The molecule has 1 heterocycles. The lowest BCUT2D eigenvalue weighted by atomic mass is 10.4. The molecule has 0 aromatic carbocycles. The number of nitrogens with zero attached hydrogens (tertiary/aromatic N) is 2. The zero-order valence-corrected chi connectivity index (χ0v) is 5.07. The van der Waals surface area contributed by atoms with Crippen LogP contribution in [0, 0.1) is 0 Å². The van der Waals surface area contributed by atoms with E-state index in [1.165, 1.54) is 0 Å². The Balaban J connectivity index is 2.77. The predicted molar refractivity (Wildman–Crippen MR) is 35.0 cm³/mol. The van der Waals surface area contributed by atoms with Crippen molar-refractivity contribution >= 4 is 23.7 Å². The minimum absolute atomic E-state index is 0.0260. The Kier molecular flexibility index (Phi) is 1.57. The van der Waals surface area contributed by atoms with Crippen LogP contribution in [0.2, 0.25) is 0 Å². The maximum Gasteiger partial charge on any atom is 0.286 e. The van der Waals surface area contributed by atoms with E-state index in [2.05, 4.69) is 9.98 Å². The van der Waals surface area contributed by atoms with E-state index in [0.717, 1.165) is 6.21 Å². The smallest absolute Gasteiger partial charge is 0.286 e. The molecule has 1 aliphatic rings. The van der Waals surface area contributed by atoms with Crippen LogP contribution < -0.4 is 5.73 Å². The van der Waals surface area contributed by atoms with Crippen molar-refractivity contribution in [2.45, 2.75) is 0 Å². The number of rotatable bonds is 1. The highest BCUT2D eigenvalue weighted by Gasteiger charge is 2.09. The summed E-state index contributed by atoms with van der Waals surface area (Å²) >= 11 is 0. The third-order valence-corrected chi connectivity index (χ3v) is 0.936. The molecule has 1 rings (SSSR count). The fraction of sp³-hybridized carbons (Fsp3) is 0.200. The third kappa shape index (κ3) is 1.25. The number of amidine groups is 1. The Bertz CT molecular complexity index is 241. The summed E-state index contributed by atoms with van der Waals surface area (Å²) in [6, 6.07) is 0. The summed E-state index contributed by atoms with van der Waals surface area (Å²) in [5, 5.41) is 0. The Morgan fingerprint density at radius 3 is 2.80 bits per heavy atom. The SMILES string of the molecule is NC(=O)C1=NCC(=O)C=N1. The van der Waals surface area contributed by atoms with Crippen molar-refractivity contribution in [3.05, 3.63) is 0 Å². The van der Waals surface area contributed by atoms with Gasteiger partial charge in [0.2, 0.25) is 5.84 Å². The van der Waals surface area contributed by atoms with Crippen molar-refractivity contribution in [2.75, 3.05) is 6.54 Å². The first-order valence-electron chi connectivity index (χ1n) is 2.61. The molecule has 1 amide bonds. The van der Waals surface area contributed by atoms with Crippen LogP contribution in [0.5, 0.6) is 0 Å². The van der Waals surface area contributed by atoms with Crippen LogP contribution in [0.15, 0.2) is 9.98 Å². The van der Waals surface area contributed by atoms with E-state index in [-0.39, 0.29) is 18.2 Å². The Labute approximate surface area is 56.6 Å². The van der Waals surface area contributed by atoms with Crippen LogP contribution in [0.25, 0.3) is 0 Å². The highest BCUT2D eigenvalue weighted by Crippen LogP contribution is 1.87. The lowest BCUT2D eigenvalue weighted by Gasteiger charge is -1.98. The van der Waals surface area contributed by atoms with E-state index >= 15 is 0 Å². The van der Waals surface area contributed by atoms with Crippen LogP contribution in [0.3, 0.4) is 0 Å². The minimum atomic E-state index is -0.705. The molecule has 5 heteroatoms. The molecule has 0 aliphatic carbocycles. The minimum Gasteiger partial charge on any atom is -0.363 e. The van der Waals surface area contributed by atoms with Gasteiger partial charge in [0.25, 0.3) is 5.91 Å². The number of ketones is 1. The molecule has 0 spiro atoms. The van der Waals surface area contributed by atoms with Crippen LogP contribution in [0.4, 0.5) is 0 Å². The summed E-state index contributed by atoms with van der Waals surface area (Å²) in [5.74, 6) is -1.01. The third-order valence-electron chi connectivity index (χ3n) is 0.936. The van der Waals surface area contributed by atoms with Gasteiger partial charge in [0.1, 0.15) is 6.54 Å². The first-order chi connectivity index (χ1) is 4.70. The monoisotopic (exact) mass is 139 g/mol. The predicted octanol–water partition coefficient (Wildman–Crippen LogP) is -1.48. The van der Waals surface area contributed by atoms with Crippen molar-refractivity contribution in [1.82, 2.24) is 0 Å². The molecule has 0 aromatic heterocycles. The van der Waals surface area contributed by atoms with Crippen molar-refractivity contribution in [3.8, 4) is 0 Å². The molecular weight excluding hydrogens is 134 g/mol. The van der Waals surface area contributed by atoms with Crippen LogP contribution in [-0.4, -0.2) is 30.3 Å². The molecule has 1 aliphatic heterocycles. The second-order valence-electron chi connectivity index (χ2n) is 1.73. The highest BCUT2D eigenvalue weighted by atomic mass is 16.1. The van der Waals surface area contributed by atoms with E-state index in [9.17, 15) is 9.59 Å². The summed E-state index contributed by atoms with van der Waals surface area (Å²) in [6.45, 7) is -0.0260. The molecule has 0 atom stereocenters. The van der Waals surface area contributed by atoms with Gasteiger partial charge in [-0.05, 0) is 0 Å². The highest BCUT2D eigenvalue weighted by molar-refractivity contribution is 6.44. The molecule has 0 aromatic rings. The summed E-state index contributed by atoms with van der Waals surface area (Å²) in [7, 11) is 0. The fourth-order valence-corrected chi connectivity index (χ4v) is 0.509. The van der Waals surface area contributed by atoms with E-state index in [0.29, 0.717) is 0 Å². The van der Waals surface area contributed by atoms with Gasteiger partial charge < -0.3 is 5.73 Å².